The van der Waals surface area contributed by atoms with Gasteiger partial charge in [0.25, 0.3) is 0 Å². The second-order valence-corrected chi connectivity index (χ2v) is 7.71. The summed E-state index contributed by atoms with van der Waals surface area (Å²) in [5, 5.41) is 0. The van der Waals surface area contributed by atoms with Gasteiger partial charge in [0.1, 0.15) is 0 Å². The monoisotopic (exact) mass is 312 g/mol. The maximum absolute atomic E-state index is 6.17. The van der Waals surface area contributed by atoms with Crippen LogP contribution in [0.15, 0.2) is 0 Å². The third-order valence-corrected chi connectivity index (χ3v) is 6.00. The van der Waals surface area contributed by atoms with Crippen molar-refractivity contribution in [3.05, 3.63) is 0 Å². The van der Waals surface area contributed by atoms with Gasteiger partial charge in [-0.05, 0) is 38.5 Å². The molecule has 0 aromatic heterocycles. The molecule has 1 aliphatic carbocycles. The third kappa shape index (κ3) is 3.66. The second-order valence-electron chi connectivity index (χ2n) is 7.71. The average Bonchev–Trinajstić information content (AvgIpc) is 2.47. The molecule has 0 radical (unpaired) electrons. The van der Waals surface area contributed by atoms with Crippen molar-refractivity contribution in [2.24, 2.45) is 10.8 Å². The van der Waals surface area contributed by atoms with E-state index in [-0.39, 0.29) is 0 Å². The van der Waals surface area contributed by atoms with Crippen LogP contribution in [0.4, 0.5) is 0 Å². The molecule has 4 heteroatoms. The molecule has 22 heavy (non-hydrogen) atoms. The van der Waals surface area contributed by atoms with E-state index < -0.39 is 0 Å². The van der Waals surface area contributed by atoms with Crippen LogP contribution in [0.25, 0.3) is 0 Å². The molecule has 4 nitrogen and oxygen atoms in total. The lowest BCUT2D eigenvalue weighted by Gasteiger charge is -2.43. The Morgan fingerprint density at radius 3 is 1.32 bits per heavy atom. The summed E-state index contributed by atoms with van der Waals surface area (Å²) >= 11 is 0. The van der Waals surface area contributed by atoms with E-state index in [4.69, 9.17) is 18.9 Å². The molecule has 0 N–H and O–H groups in total. The van der Waals surface area contributed by atoms with Crippen LogP contribution >= 0.6 is 0 Å². The number of hydrogen-bond acceptors (Lipinski definition) is 4. The van der Waals surface area contributed by atoms with E-state index in [1.54, 1.807) is 0 Å². The summed E-state index contributed by atoms with van der Waals surface area (Å²) < 4.78 is 23.1. The molecule has 0 spiro atoms. The van der Waals surface area contributed by atoms with Crippen molar-refractivity contribution in [2.45, 2.75) is 64.6 Å². The Morgan fingerprint density at radius 2 is 1.09 bits per heavy atom. The average molecular weight is 312 g/mol. The van der Waals surface area contributed by atoms with E-state index in [1.807, 2.05) is 0 Å². The van der Waals surface area contributed by atoms with Gasteiger partial charge in [0.05, 0.1) is 51.8 Å². The van der Waals surface area contributed by atoms with Crippen LogP contribution in [0.2, 0.25) is 0 Å². The van der Waals surface area contributed by atoms with Crippen molar-refractivity contribution in [2.75, 3.05) is 39.6 Å². The Kier molecular flexibility index (Phi) is 5.43. The Morgan fingerprint density at radius 1 is 0.727 bits per heavy atom. The minimum absolute atomic E-state index is 0.311. The predicted molar refractivity (Wildman–Crippen MR) is 85.0 cm³/mol. The van der Waals surface area contributed by atoms with Crippen molar-refractivity contribution >= 4 is 0 Å². The maximum atomic E-state index is 6.17. The zero-order valence-corrected chi connectivity index (χ0v) is 14.3. The van der Waals surface area contributed by atoms with Crippen molar-refractivity contribution in [3.63, 3.8) is 0 Å². The van der Waals surface area contributed by atoms with E-state index >= 15 is 0 Å². The number of hydrogen-bond donors (Lipinski definition) is 0. The molecule has 0 aromatic rings. The van der Waals surface area contributed by atoms with E-state index in [2.05, 4.69) is 13.8 Å². The van der Waals surface area contributed by atoms with Crippen LogP contribution in [0.5, 0.6) is 0 Å². The summed E-state index contributed by atoms with van der Waals surface area (Å²) in [6.45, 7) is 9.74. The van der Waals surface area contributed by atoms with Gasteiger partial charge in [-0.2, -0.15) is 0 Å². The van der Waals surface area contributed by atoms with Crippen LogP contribution in [0.3, 0.4) is 0 Å². The van der Waals surface area contributed by atoms with Crippen LogP contribution in [0, 0.1) is 10.8 Å². The molecule has 128 valence electrons. The van der Waals surface area contributed by atoms with Gasteiger partial charge in [-0.25, -0.2) is 0 Å². The highest BCUT2D eigenvalue weighted by Crippen LogP contribution is 2.35. The third-order valence-electron chi connectivity index (χ3n) is 6.00. The van der Waals surface area contributed by atoms with E-state index in [1.165, 1.54) is 0 Å². The molecular formula is C18H32O4. The molecule has 3 rings (SSSR count). The van der Waals surface area contributed by atoms with Gasteiger partial charge in [-0.1, -0.05) is 13.8 Å². The quantitative estimate of drug-likeness (QED) is 0.690. The van der Waals surface area contributed by atoms with Gasteiger partial charge in [-0.15, -0.1) is 0 Å². The largest absolute Gasteiger partial charge is 0.380 e. The zero-order valence-electron chi connectivity index (χ0n) is 14.3. The number of rotatable bonds is 8. The Labute approximate surface area is 134 Å². The summed E-state index contributed by atoms with van der Waals surface area (Å²) in [5.41, 5.74) is 0.621. The first-order valence-corrected chi connectivity index (χ1v) is 9.08. The first kappa shape index (κ1) is 16.7. The van der Waals surface area contributed by atoms with Crippen LogP contribution in [0.1, 0.15) is 52.4 Å². The molecule has 3 aliphatic rings. The minimum Gasteiger partial charge on any atom is -0.380 e. The summed E-state index contributed by atoms with van der Waals surface area (Å²) in [7, 11) is 0. The lowest BCUT2D eigenvalue weighted by Crippen LogP contribution is -2.47. The lowest BCUT2D eigenvalue weighted by atomic mass is 9.83. The molecule has 2 saturated heterocycles. The highest BCUT2D eigenvalue weighted by Gasteiger charge is 2.39. The molecule has 3 fully saturated rings. The van der Waals surface area contributed by atoms with Gasteiger partial charge < -0.3 is 18.9 Å². The lowest BCUT2D eigenvalue weighted by molar-refractivity contribution is -0.175. The number of ether oxygens (including phenoxy) is 4. The van der Waals surface area contributed by atoms with E-state index in [0.717, 1.165) is 78.2 Å². The minimum atomic E-state index is 0.311. The van der Waals surface area contributed by atoms with E-state index in [0.29, 0.717) is 23.0 Å². The molecular weight excluding hydrogens is 280 g/mol. The Bertz CT molecular complexity index is 296. The molecule has 0 amide bonds. The summed E-state index contributed by atoms with van der Waals surface area (Å²) in [6, 6.07) is 0. The molecule has 2 heterocycles. The van der Waals surface area contributed by atoms with Gasteiger partial charge in [0, 0.05) is 10.8 Å². The second kappa shape index (κ2) is 7.16. The Balaban J connectivity index is 1.32. The summed E-state index contributed by atoms with van der Waals surface area (Å²) in [5.74, 6) is 0. The van der Waals surface area contributed by atoms with Gasteiger partial charge in [-0.3, -0.25) is 0 Å². The fourth-order valence-corrected chi connectivity index (χ4v) is 3.52. The van der Waals surface area contributed by atoms with Crippen LogP contribution < -0.4 is 0 Å². The molecule has 0 bridgehead atoms. The van der Waals surface area contributed by atoms with Gasteiger partial charge in [0.2, 0.25) is 0 Å². The SMILES string of the molecule is CCC1(COC2CCC(OCC3(CC)COC3)CC2)COC1. The first-order chi connectivity index (χ1) is 10.7. The topological polar surface area (TPSA) is 36.9 Å². The molecule has 1 saturated carbocycles. The first-order valence-electron chi connectivity index (χ1n) is 9.08. The normalized spacial score (nSPS) is 33.0. The highest BCUT2D eigenvalue weighted by atomic mass is 16.5. The summed E-state index contributed by atoms with van der Waals surface area (Å²) in [4.78, 5) is 0. The standard InChI is InChI=1S/C18H32O4/c1-3-17(9-19-10-17)13-21-15-5-7-16(8-6-15)22-14-18(4-2)11-20-12-18/h15-16H,3-14H2,1-2H3. The van der Waals surface area contributed by atoms with Gasteiger partial charge >= 0.3 is 0 Å². The van der Waals surface area contributed by atoms with Crippen molar-refractivity contribution < 1.29 is 18.9 Å². The van der Waals surface area contributed by atoms with Crippen molar-refractivity contribution in [1.29, 1.82) is 0 Å². The molecule has 0 aromatic carbocycles. The Hall–Kier alpha value is -0.160. The van der Waals surface area contributed by atoms with Crippen LogP contribution in [-0.4, -0.2) is 51.8 Å². The molecule has 0 unspecified atom stereocenters. The van der Waals surface area contributed by atoms with Crippen molar-refractivity contribution in [1.82, 2.24) is 0 Å². The predicted octanol–water partition coefficient (Wildman–Crippen LogP) is 3.18. The van der Waals surface area contributed by atoms with Crippen molar-refractivity contribution in [3.8, 4) is 0 Å². The smallest absolute Gasteiger partial charge is 0.0577 e. The van der Waals surface area contributed by atoms with E-state index in [9.17, 15) is 0 Å². The maximum Gasteiger partial charge on any atom is 0.0577 e. The molecule has 2 aliphatic heterocycles. The summed E-state index contributed by atoms with van der Waals surface area (Å²) in [6.07, 6.45) is 7.73. The molecule has 0 atom stereocenters. The van der Waals surface area contributed by atoms with Crippen LogP contribution in [-0.2, 0) is 18.9 Å². The van der Waals surface area contributed by atoms with Gasteiger partial charge in [0.15, 0.2) is 0 Å². The fourth-order valence-electron chi connectivity index (χ4n) is 3.52. The zero-order chi connectivity index (χ0) is 15.5. The fraction of sp³-hybridized carbons (Fsp3) is 1.00. The highest BCUT2D eigenvalue weighted by molar-refractivity contribution is 4.86.